The van der Waals surface area contributed by atoms with Crippen molar-refractivity contribution in [2.75, 3.05) is 0 Å². The number of hydrogen-bond donors (Lipinski definition) is 1. The second-order valence-electron chi connectivity index (χ2n) is 5.46. The van der Waals surface area contributed by atoms with E-state index in [1.807, 2.05) is 0 Å². The highest BCUT2D eigenvalue weighted by Crippen LogP contribution is 2.34. The Balaban J connectivity index is 2.23. The van der Waals surface area contributed by atoms with E-state index in [9.17, 15) is 8.78 Å². The standard InChI is InChI=1S/C14H15BrF2N2S/c1-14(2,3)19-7-8-6-18-13(20-8)9-4-5-10(16)12(17)11(9)15/h4-6,19H,7H2,1-3H3. The average Bonchev–Trinajstić information content (AvgIpc) is 2.81. The van der Waals surface area contributed by atoms with Crippen LogP contribution in [0.25, 0.3) is 10.6 Å². The van der Waals surface area contributed by atoms with E-state index in [1.165, 1.54) is 17.4 Å². The first-order valence-electron chi connectivity index (χ1n) is 6.11. The molecule has 0 spiro atoms. The molecule has 0 amide bonds. The van der Waals surface area contributed by atoms with E-state index in [0.29, 0.717) is 17.1 Å². The van der Waals surface area contributed by atoms with Crippen LogP contribution in [0.15, 0.2) is 22.8 Å². The number of benzene rings is 1. The molecular weight excluding hydrogens is 346 g/mol. The molecule has 1 N–H and O–H groups in total. The molecule has 0 saturated carbocycles. The number of halogens is 3. The van der Waals surface area contributed by atoms with Crippen molar-refractivity contribution in [3.05, 3.63) is 39.3 Å². The maximum absolute atomic E-state index is 13.5. The molecule has 6 heteroatoms. The number of hydrogen-bond acceptors (Lipinski definition) is 3. The van der Waals surface area contributed by atoms with Crippen LogP contribution in [0.3, 0.4) is 0 Å². The summed E-state index contributed by atoms with van der Waals surface area (Å²) in [7, 11) is 0. The van der Waals surface area contributed by atoms with Crippen molar-refractivity contribution in [3.63, 3.8) is 0 Å². The van der Waals surface area contributed by atoms with Crippen LogP contribution in [0.4, 0.5) is 8.78 Å². The predicted octanol–water partition coefficient (Wildman–Crippen LogP) is 4.74. The molecule has 0 aliphatic heterocycles. The van der Waals surface area contributed by atoms with Crippen molar-refractivity contribution in [1.29, 1.82) is 0 Å². The first-order chi connectivity index (χ1) is 9.28. The third kappa shape index (κ3) is 3.62. The molecule has 0 atom stereocenters. The topological polar surface area (TPSA) is 24.9 Å². The monoisotopic (exact) mass is 360 g/mol. The number of nitrogens with one attached hydrogen (secondary N) is 1. The molecule has 2 rings (SSSR count). The maximum Gasteiger partial charge on any atom is 0.173 e. The van der Waals surface area contributed by atoms with Crippen LogP contribution in [-0.4, -0.2) is 10.5 Å². The normalized spacial score (nSPS) is 11.9. The fraction of sp³-hybridized carbons (Fsp3) is 0.357. The number of thiazole rings is 1. The summed E-state index contributed by atoms with van der Waals surface area (Å²) in [5, 5.41) is 4.03. The zero-order chi connectivity index (χ0) is 14.9. The first-order valence-corrected chi connectivity index (χ1v) is 7.72. The second kappa shape index (κ2) is 5.87. The van der Waals surface area contributed by atoms with E-state index >= 15 is 0 Å². The van der Waals surface area contributed by atoms with Gasteiger partial charge in [-0.1, -0.05) is 0 Å². The van der Waals surface area contributed by atoms with Crippen LogP contribution in [0, 0.1) is 11.6 Å². The minimum absolute atomic E-state index is 0.0206. The van der Waals surface area contributed by atoms with Crippen molar-refractivity contribution < 1.29 is 8.78 Å². The van der Waals surface area contributed by atoms with Gasteiger partial charge in [-0.2, -0.15) is 0 Å². The molecule has 20 heavy (non-hydrogen) atoms. The van der Waals surface area contributed by atoms with Gasteiger partial charge in [0, 0.05) is 28.7 Å². The van der Waals surface area contributed by atoms with Gasteiger partial charge in [0.25, 0.3) is 0 Å². The summed E-state index contributed by atoms with van der Waals surface area (Å²) in [5.74, 6) is -1.75. The van der Waals surface area contributed by atoms with E-state index in [4.69, 9.17) is 0 Å². The molecule has 108 valence electrons. The minimum atomic E-state index is -0.882. The highest BCUT2D eigenvalue weighted by Gasteiger charge is 2.16. The Kier molecular flexibility index (Phi) is 4.56. The highest BCUT2D eigenvalue weighted by molar-refractivity contribution is 9.10. The average molecular weight is 361 g/mol. The van der Waals surface area contributed by atoms with E-state index in [1.54, 1.807) is 6.20 Å². The lowest BCUT2D eigenvalue weighted by Crippen LogP contribution is -2.34. The predicted molar refractivity (Wildman–Crippen MR) is 81.8 cm³/mol. The lowest BCUT2D eigenvalue weighted by Gasteiger charge is -2.19. The van der Waals surface area contributed by atoms with Gasteiger partial charge in [-0.05, 0) is 48.8 Å². The minimum Gasteiger partial charge on any atom is -0.307 e. The molecule has 0 radical (unpaired) electrons. The summed E-state index contributed by atoms with van der Waals surface area (Å²) in [5.41, 5.74) is 0.586. The van der Waals surface area contributed by atoms with Gasteiger partial charge in [-0.3, -0.25) is 0 Å². The van der Waals surface area contributed by atoms with E-state index in [0.717, 1.165) is 10.9 Å². The van der Waals surface area contributed by atoms with Crippen LogP contribution in [0.2, 0.25) is 0 Å². The Labute approximate surface area is 129 Å². The summed E-state index contributed by atoms with van der Waals surface area (Å²) in [6.45, 7) is 6.95. The lowest BCUT2D eigenvalue weighted by atomic mass is 10.1. The quantitative estimate of drug-likeness (QED) is 0.799. The van der Waals surface area contributed by atoms with Crippen LogP contribution >= 0.6 is 27.3 Å². The molecule has 0 saturated heterocycles. The fourth-order valence-corrected chi connectivity index (χ4v) is 3.08. The molecule has 0 bridgehead atoms. The summed E-state index contributed by atoms with van der Waals surface area (Å²) < 4.78 is 26.7. The van der Waals surface area contributed by atoms with Crippen LogP contribution < -0.4 is 5.32 Å². The van der Waals surface area contributed by atoms with Gasteiger partial charge in [0.1, 0.15) is 5.01 Å². The number of nitrogens with zero attached hydrogens (tertiary/aromatic N) is 1. The third-order valence-corrected chi connectivity index (χ3v) is 4.42. The Bertz CT molecular complexity index is 620. The van der Waals surface area contributed by atoms with Crippen LogP contribution in [-0.2, 0) is 6.54 Å². The van der Waals surface area contributed by atoms with Crippen molar-refractivity contribution in [2.45, 2.75) is 32.9 Å². The molecule has 1 heterocycles. The molecule has 1 aromatic heterocycles. The van der Waals surface area contributed by atoms with Crippen LogP contribution in [0.1, 0.15) is 25.6 Å². The van der Waals surface area contributed by atoms with Crippen molar-refractivity contribution >= 4 is 27.3 Å². The molecule has 2 nitrogen and oxygen atoms in total. The smallest absolute Gasteiger partial charge is 0.173 e. The van der Waals surface area contributed by atoms with Crippen molar-refractivity contribution in [2.24, 2.45) is 0 Å². The zero-order valence-electron chi connectivity index (χ0n) is 11.4. The molecule has 0 fully saturated rings. The molecule has 2 aromatic rings. The van der Waals surface area contributed by atoms with Crippen molar-refractivity contribution in [3.8, 4) is 10.6 Å². The van der Waals surface area contributed by atoms with Crippen molar-refractivity contribution in [1.82, 2.24) is 10.3 Å². The Hall–Kier alpha value is -0.850. The molecule has 0 aliphatic carbocycles. The highest BCUT2D eigenvalue weighted by atomic mass is 79.9. The summed E-state index contributed by atoms with van der Waals surface area (Å²) in [4.78, 5) is 5.33. The Morgan fingerprint density at radius 3 is 2.65 bits per heavy atom. The van der Waals surface area contributed by atoms with E-state index in [2.05, 4.69) is 47.0 Å². The van der Waals surface area contributed by atoms with Gasteiger partial charge in [-0.15, -0.1) is 11.3 Å². The largest absolute Gasteiger partial charge is 0.307 e. The van der Waals surface area contributed by atoms with E-state index in [-0.39, 0.29) is 10.0 Å². The zero-order valence-corrected chi connectivity index (χ0v) is 13.8. The SMILES string of the molecule is CC(C)(C)NCc1cnc(-c2ccc(F)c(F)c2Br)s1. The number of aromatic nitrogens is 1. The van der Waals surface area contributed by atoms with Gasteiger partial charge in [-0.25, -0.2) is 13.8 Å². The fourth-order valence-electron chi connectivity index (χ4n) is 1.56. The second-order valence-corrected chi connectivity index (χ2v) is 7.37. The Morgan fingerprint density at radius 2 is 2.00 bits per heavy atom. The maximum atomic E-state index is 13.5. The summed E-state index contributed by atoms with van der Waals surface area (Å²) in [6.07, 6.45) is 1.76. The van der Waals surface area contributed by atoms with Crippen LogP contribution in [0.5, 0.6) is 0 Å². The van der Waals surface area contributed by atoms with Gasteiger partial charge in [0.05, 0.1) is 4.47 Å². The molecular formula is C14H15BrF2N2S. The molecule has 0 aliphatic rings. The third-order valence-electron chi connectivity index (χ3n) is 2.61. The Morgan fingerprint density at radius 1 is 1.30 bits per heavy atom. The van der Waals surface area contributed by atoms with E-state index < -0.39 is 11.6 Å². The van der Waals surface area contributed by atoms with Gasteiger partial charge >= 0.3 is 0 Å². The summed E-state index contributed by atoms with van der Waals surface area (Å²) >= 11 is 4.55. The number of rotatable bonds is 3. The van der Waals surface area contributed by atoms with Gasteiger partial charge < -0.3 is 5.32 Å². The first kappa shape index (κ1) is 15.5. The van der Waals surface area contributed by atoms with Gasteiger partial charge in [0.2, 0.25) is 0 Å². The lowest BCUT2D eigenvalue weighted by molar-refractivity contribution is 0.426. The molecule has 1 aromatic carbocycles. The molecule has 0 unspecified atom stereocenters. The summed E-state index contributed by atoms with van der Waals surface area (Å²) in [6, 6.07) is 2.65. The van der Waals surface area contributed by atoms with Gasteiger partial charge in [0.15, 0.2) is 11.6 Å².